The highest BCUT2D eigenvalue weighted by molar-refractivity contribution is 5.79. The van der Waals surface area contributed by atoms with Gasteiger partial charge in [0, 0.05) is 5.69 Å². The van der Waals surface area contributed by atoms with E-state index in [2.05, 4.69) is 57.7 Å². The summed E-state index contributed by atoms with van der Waals surface area (Å²) in [5.41, 5.74) is 6.67. The van der Waals surface area contributed by atoms with E-state index in [1.54, 1.807) is 11.0 Å². The van der Waals surface area contributed by atoms with Crippen LogP contribution in [0, 0.1) is 13.8 Å². The lowest BCUT2D eigenvalue weighted by atomic mass is 10.1. The Balaban J connectivity index is 1.89. The van der Waals surface area contributed by atoms with Gasteiger partial charge in [-0.05, 0) is 55.3 Å². The summed E-state index contributed by atoms with van der Waals surface area (Å²) >= 11 is 0. The van der Waals surface area contributed by atoms with Gasteiger partial charge in [0.25, 0.3) is 0 Å². The molecule has 0 aliphatic carbocycles. The quantitative estimate of drug-likeness (QED) is 0.569. The van der Waals surface area contributed by atoms with E-state index in [4.69, 9.17) is 0 Å². The van der Waals surface area contributed by atoms with E-state index in [9.17, 15) is 0 Å². The third kappa shape index (κ3) is 1.98. The van der Waals surface area contributed by atoms with E-state index in [0.717, 1.165) is 22.4 Å². The Morgan fingerprint density at radius 2 is 1.73 bits per heavy atom. The average Bonchev–Trinajstić information content (AvgIpc) is 3.18. The summed E-state index contributed by atoms with van der Waals surface area (Å²) in [6.45, 7) is 4.23. The summed E-state index contributed by atoms with van der Waals surface area (Å²) in [5.74, 6) is 0. The van der Waals surface area contributed by atoms with Gasteiger partial charge < -0.3 is 0 Å². The second-order valence-corrected chi connectivity index (χ2v) is 5.40. The predicted octanol–water partition coefficient (Wildman–Crippen LogP) is 3.22. The van der Waals surface area contributed by atoms with E-state index >= 15 is 0 Å². The molecule has 0 fully saturated rings. The fraction of sp³-hybridized carbons (Fsp3) is 0.118. The largest absolute Gasteiger partial charge is 0.299 e. The number of aryl methyl sites for hydroxylation is 2. The molecule has 0 saturated heterocycles. The molecular formula is C17H15N5. The molecule has 2 aromatic heterocycles. The molecule has 0 atom stereocenters. The van der Waals surface area contributed by atoms with Crippen molar-refractivity contribution in [3.63, 3.8) is 0 Å². The van der Waals surface area contributed by atoms with Crippen LogP contribution in [-0.2, 0) is 0 Å². The number of nitrogens with zero attached hydrogens (tertiary/aromatic N) is 5. The maximum absolute atomic E-state index is 4.52. The second kappa shape index (κ2) is 4.80. The number of hydrogen-bond donors (Lipinski definition) is 0. The second-order valence-electron chi connectivity index (χ2n) is 5.40. The minimum atomic E-state index is 0.973. The maximum atomic E-state index is 4.52. The predicted molar refractivity (Wildman–Crippen MR) is 85.5 cm³/mol. The van der Waals surface area contributed by atoms with Crippen LogP contribution in [0.15, 0.2) is 55.4 Å². The highest BCUT2D eigenvalue weighted by Crippen LogP contribution is 2.22. The van der Waals surface area contributed by atoms with Gasteiger partial charge in [-0.2, -0.15) is 5.10 Å². The Kier molecular flexibility index (Phi) is 2.79. The first-order valence-corrected chi connectivity index (χ1v) is 7.12. The Morgan fingerprint density at radius 3 is 2.55 bits per heavy atom. The van der Waals surface area contributed by atoms with Crippen molar-refractivity contribution in [2.75, 3.05) is 0 Å². The molecule has 22 heavy (non-hydrogen) atoms. The van der Waals surface area contributed by atoms with Gasteiger partial charge in [0.05, 0.1) is 16.7 Å². The Labute approximate surface area is 127 Å². The summed E-state index contributed by atoms with van der Waals surface area (Å²) in [7, 11) is 0. The third-order valence-electron chi connectivity index (χ3n) is 3.95. The summed E-state index contributed by atoms with van der Waals surface area (Å²) in [6.07, 6.45) is 5.09. The van der Waals surface area contributed by atoms with Crippen molar-refractivity contribution in [1.29, 1.82) is 0 Å². The number of benzene rings is 2. The van der Waals surface area contributed by atoms with E-state index in [1.165, 1.54) is 17.5 Å². The van der Waals surface area contributed by atoms with Gasteiger partial charge in [0.1, 0.15) is 19.0 Å². The van der Waals surface area contributed by atoms with Gasteiger partial charge in [0.2, 0.25) is 0 Å². The number of hydrogen-bond acceptors (Lipinski definition) is 3. The molecule has 2 aromatic carbocycles. The molecule has 5 heteroatoms. The van der Waals surface area contributed by atoms with Crippen LogP contribution in [0.2, 0.25) is 0 Å². The van der Waals surface area contributed by atoms with Crippen LogP contribution in [0.25, 0.3) is 22.4 Å². The van der Waals surface area contributed by atoms with E-state index < -0.39 is 0 Å². The van der Waals surface area contributed by atoms with Gasteiger partial charge in [-0.25, -0.2) is 14.6 Å². The molecule has 0 aliphatic rings. The average molecular weight is 289 g/mol. The maximum Gasteiger partial charge on any atom is 0.138 e. The minimum Gasteiger partial charge on any atom is -0.299 e. The zero-order valence-electron chi connectivity index (χ0n) is 12.4. The van der Waals surface area contributed by atoms with Gasteiger partial charge >= 0.3 is 0 Å². The van der Waals surface area contributed by atoms with Crippen molar-refractivity contribution < 1.29 is 0 Å². The van der Waals surface area contributed by atoms with Gasteiger partial charge in [-0.15, -0.1) is 0 Å². The smallest absolute Gasteiger partial charge is 0.138 e. The third-order valence-corrected chi connectivity index (χ3v) is 3.95. The first-order chi connectivity index (χ1) is 10.7. The highest BCUT2D eigenvalue weighted by Gasteiger charge is 2.08. The van der Waals surface area contributed by atoms with Gasteiger partial charge in [0.15, 0.2) is 0 Å². The fourth-order valence-corrected chi connectivity index (χ4v) is 2.60. The van der Waals surface area contributed by atoms with Crippen molar-refractivity contribution in [3.05, 3.63) is 66.5 Å². The number of aromatic nitrogens is 5. The Morgan fingerprint density at radius 1 is 0.909 bits per heavy atom. The molecule has 0 saturated carbocycles. The van der Waals surface area contributed by atoms with Gasteiger partial charge in [-0.1, -0.05) is 6.07 Å². The van der Waals surface area contributed by atoms with Crippen LogP contribution in [0.1, 0.15) is 11.1 Å². The molecule has 108 valence electrons. The van der Waals surface area contributed by atoms with E-state index in [1.807, 2.05) is 18.5 Å². The number of imidazole rings is 1. The molecule has 0 N–H and O–H groups in total. The minimum absolute atomic E-state index is 0.973. The summed E-state index contributed by atoms with van der Waals surface area (Å²) in [5, 5.41) is 4.18. The van der Waals surface area contributed by atoms with Crippen LogP contribution in [0.3, 0.4) is 0 Å². The number of rotatable bonds is 2. The van der Waals surface area contributed by atoms with Crippen LogP contribution in [0.4, 0.5) is 0 Å². The molecule has 4 aromatic rings. The molecule has 0 bridgehead atoms. The zero-order valence-corrected chi connectivity index (χ0v) is 12.4. The van der Waals surface area contributed by atoms with E-state index in [0.29, 0.717) is 0 Å². The van der Waals surface area contributed by atoms with Crippen molar-refractivity contribution in [3.8, 4) is 11.4 Å². The standard InChI is InChI=1S/C17H15N5/c1-12-6-16-17(7-13(12)2)21(11-19-16)14-4-3-5-15(8-14)22-10-18-9-20-22/h3-11H,1-2H3. The SMILES string of the molecule is Cc1cc2ncn(-c3cccc(-n4cncn4)c3)c2cc1C. The van der Waals surface area contributed by atoms with Crippen molar-refractivity contribution in [2.24, 2.45) is 0 Å². The fourth-order valence-electron chi connectivity index (χ4n) is 2.60. The van der Waals surface area contributed by atoms with Crippen LogP contribution < -0.4 is 0 Å². The van der Waals surface area contributed by atoms with Crippen molar-refractivity contribution >= 4 is 11.0 Å². The zero-order chi connectivity index (χ0) is 15.1. The molecule has 0 unspecified atom stereocenters. The molecule has 0 amide bonds. The Hall–Kier alpha value is -2.95. The van der Waals surface area contributed by atoms with Crippen LogP contribution in [0.5, 0.6) is 0 Å². The molecule has 0 radical (unpaired) electrons. The normalized spacial score (nSPS) is 11.2. The Bertz CT molecular complexity index is 951. The first kappa shape index (κ1) is 12.8. The summed E-state index contributed by atoms with van der Waals surface area (Å²) in [4.78, 5) is 8.51. The first-order valence-electron chi connectivity index (χ1n) is 7.12. The van der Waals surface area contributed by atoms with Gasteiger partial charge in [-0.3, -0.25) is 4.57 Å². The lowest BCUT2D eigenvalue weighted by Crippen LogP contribution is -1.98. The molecular weight excluding hydrogens is 274 g/mol. The van der Waals surface area contributed by atoms with Crippen LogP contribution in [-0.4, -0.2) is 24.3 Å². The molecule has 0 aliphatic heterocycles. The van der Waals surface area contributed by atoms with E-state index in [-0.39, 0.29) is 0 Å². The van der Waals surface area contributed by atoms with Crippen molar-refractivity contribution in [2.45, 2.75) is 13.8 Å². The highest BCUT2D eigenvalue weighted by atomic mass is 15.3. The topological polar surface area (TPSA) is 48.5 Å². The van der Waals surface area contributed by atoms with Crippen molar-refractivity contribution in [1.82, 2.24) is 24.3 Å². The van der Waals surface area contributed by atoms with Crippen LogP contribution >= 0.6 is 0 Å². The number of fused-ring (bicyclic) bond motifs is 1. The molecule has 2 heterocycles. The summed E-state index contributed by atoms with van der Waals surface area (Å²) in [6, 6.07) is 12.5. The lowest BCUT2D eigenvalue weighted by molar-refractivity contribution is 0.876. The molecule has 5 nitrogen and oxygen atoms in total. The molecule has 0 spiro atoms. The summed E-state index contributed by atoms with van der Waals surface area (Å²) < 4.78 is 3.85. The lowest BCUT2D eigenvalue weighted by Gasteiger charge is -2.08. The monoisotopic (exact) mass is 289 g/mol. The molecule has 4 rings (SSSR count).